The molecule has 0 atom stereocenters. The van der Waals surface area contributed by atoms with Crippen LogP contribution in [0.5, 0.6) is 5.75 Å². The van der Waals surface area contributed by atoms with Gasteiger partial charge >= 0.3 is 5.97 Å². The summed E-state index contributed by atoms with van der Waals surface area (Å²) in [6, 6.07) is 13.9. The summed E-state index contributed by atoms with van der Waals surface area (Å²) in [6.45, 7) is 2.23. The number of unbranched alkanes of at least 4 members (excludes halogenated alkanes) is 8. The molecule has 2 aromatic carbocycles. The molecule has 2 rings (SSSR count). The molecule has 0 saturated carbocycles. The Bertz CT molecular complexity index is 848. The SMILES string of the molecule is CCCCCCCCCCCC(=O)N/N=C/c1ccc(OC(=O)c2ccc(Br)cc2)cc1. The lowest BCUT2D eigenvalue weighted by molar-refractivity contribution is -0.121. The standard InChI is InChI=1S/C26H33BrN2O3/c1-2-3-4-5-6-7-8-9-10-11-25(30)29-28-20-21-12-18-24(19-13-21)32-26(31)22-14-16-23(27)17-15-22/h12-20H,2-11H2,1H3,(H,29,30)/b28-20+. The molecule has 0 aliphatic rings. The number of nitrogens with one attached hydrogen (secondary N) is 1. The number of amides is 1. The van der Waals surface area contributed by atoms with Crippen molar-refractivity contribution in [2.45, 2.75) is 71.1 Å². The minimum atomic E-state index is -0.414. The van der Waals surface area contributed by atoms with E-state index in [0.29, 0.717) is 17.7 Å². The third-order valence-corrected chi connectivity index (χ3v) is 5.61. The van der Waals surface area contributed by atoms with E-state index in [-0.39, 0.29) is 5.91 Å². The summed E-state index contributed by atoms with van der Waals surface area (Å²) >= 11 is 3.34. The Morgan fingerprint density at radius 2 is 1.47 bits per heavy atom. The molecule has 0 saturated heterocycles. The summed E-state index contributed by atoms with van der Waals surface area (Å²) in [4.78, 5) is 24.0. The Morgan fingerprint density at radius 1 is 0.875 bits per heavy atom. The van der Waals surface area contributed by atoms with E-state index in [1.807, 2.05) is 0 Å². The zero-order valence-corrected chi connectivity index (χ0v) is 20.4. The van der Waals surface area contributed by atoms with E-state index in [2.05, 4.69) is 33.4 Å². The molecule has 0 radical (unpaired) electrons. The molecule has 0 spiro atoms. The molecule has 32 heavy (non-hydrogen) atoms. The number of carbonyl (C=O) groups excluding carboxylic acids is 2. The normalized spacial score (nSPS) is 10.9. The van der Waals surface area contributed by atoms with Crippen molar-refractivity contribution in [1.82, 2.24) is 5.43 Å². The Labute approximate surface area is 199 Å². The van der Waals surface area contributed by atoms with E-state index in [9.17, 15) is 9.59 Å². The lowest BCUT2D eigenvalue weighted by Gasteiger charge is -2.05. The Morgan fingerprint density at radius 3 is 2.09 bits per heavy atom. The van der Waals surface area contributed by atoms with Gasteiger partial charge in [0, 0.05) is 10.9 Å². The second-order valence-corrected chi connectivity index (χ2v) is 8.75. The lowest BCUT2D eigenvalue weighted by atomic mass is 10.1. The van der Waals surface area contributed by atoms with Crippen molar-refractivity contribution >= 4 is 34.0 Å². The van der Waals surface area contributed by atoms with Gasteiger partial charge < -0.3 is 4.74 Å². The van der Waals surface area contributed by atoms with Crippen LogP contribution in [0.4, 0.5) is 0 Å². The highest BCUT2D eigenvalue weighted by molar-refractivity contribution is 9.10. The summed E-state index contributed by atoms with van der Waals surface area (Å²) in [5, 5.41) is 4.01. The van der Waals surface area contributed by atoms with Crippen LogP contribution in [0.1, 0.15) is 87.1 Å². The van der Waals surface area contributed by atoms with E-state index in [0.717, 1.165) is 22.9 Å². The van der Waals surface area contributed by atoms with Crippen LogP contribution >= 0.6 is 15.9 Å². The topological polar surface area (TPSA) is 67.8 Å². The van der Waals surface area contributed by atoms with Gasteiger partial charge in [-0.05, 0) is 60.5 Å². The van der Waals surface area contributed by atoms with Crippen molar-refractivity contribution in [2.24, 2.45) is 5.10 Å². The van der Waals surface area contributed by atoms with Crippen molar-refractivity contribution in [3.05, 3.63) is 64.1 Å². The molecule has 0 aliphatic heterocycles. The van der Waals surface area contributed by atoms with Gasteiger partial charge in [-0.15, -0.1) is 0 Å². The Kier molecular flexibility index (Phi) is 12.4. The summed E-state index contributed by atoms with van der Waals surface area (Å²) in [5.41, 5.74) is 3.85. The number of hydrogen-bond acceptors (Lipinski definition) is 4. The molecule has 0 unspecified atom stereocenters. The molecule has 0 aromatic heterocycles. The predicted octanol–water partition coefficient (Wildman–Crippen LogP) is 7.04. The number of halogens is 1. The zero-order chi connectivity index (χ0) is 23.0. The molecule has 0 fully saturated rings. The maximum Gasteiger partial charge on any atom is 0.343 e. The van der Waals surface area contributed by atoms with Gasteiger partial charge in [0.05, 0.1) is 11.8 Å². The van der Waals surface area contributed by atoms with Crippen LogP contribution in [0, 0.1) is 0 Å². The highest BCUT2D eigenvalue weighted by Crippen LogP contribution is 2.16. The fourth-order valence-electron chi connectivity index (χ4n) is 3.20. The summed E-state index contributed by atoms with van der Waals surface area (Å²) < 4.78 is 6.27. The number of nitrogens with zero attached hydrogens (tertiary/aromatic N) is 1. The Hall–Kier alpha value is -2.47. The second-order valence-electron chi connectivity index (χ2n) is 7.84. The quantitative estimate of drug-likeness (QED) is 0.0993. The van der Waals surface area contributed by atoms with E-state index >= 15 is 0 Å². The maximum absolute atomic E-state index is 12.1. The van der Waals surface area contributed by atoms with Crippen LogP contribution in [0.15, 0.2) is 58.1 Å². The number of carbonyl (C=O) groups is 2. The minimum Gasteiger partial charge on any atom is -0.423 e. The molecule has 0 bridgehead atoms. The number of benzene rings is 2. The van der Waals surface area contributed by atoms with Crippen LogP contribution < -0.4 is 10.2 Å². The van der Waals surface area contributed by atoms with Crippen molar-refractivity contribution in [3.8, 4) is 5.75 Å². The number of hydrazone groups is 1. The van der Waals surface area contributed by atoms with Crippen LogP contribution in [0.25, 0.3) is 0 Å². The average Bonchev–Trinajstić information content (AvgIpc) is 2.79. The average molecular weight is 501 g/mol. The van der Waals surface area contributed by atoms with E-state index in [4.69, 9.17) is 4.74 Å². The van der Waals surface area contributed by atoms with E-state index < -0.39 is 5.97 Å². The first-order valence-electron chi connectivity index (χ1n) is 11.5. The maximum atomic E-state index is 12.1. The van der Waals surface area contributed by atoms with Crippen molar-refractivity contribution in [2.75, 3.05) is 0 Å². The zero-order valence-electron chi connectivity index (χ0n) is 18.8. The first kappa shape index (κ1) is 25.8. The van der Waals surface area contributed by atoms with E-state index in [1.165, 1.54) is 44.9 Å². The van der Waals surface area contributed by atoms with Crippen LogP contribution in [0.3, 0.4) is 0 Å². The molecule has 172 valence electrons. The Balaban J connectivity index is 1.61. The molecule has 0 heterocycles. The van der Waals surface area contributed by atoms with Crippen molar-refractivity contribution in [1.29, 1.82) is 0 Å². The smallest absolute Gasteiger partial charge is 0.343 e. The number of esters is 1. The van der Waals surface area contributed by atoms with Gasteiger partial charge in [0.15, 0.2) is 0 Å². The van der Waals surface area contributed by atoms with Crippen molar-refractivity contribution in [3.63, 3.8) is 0 Å². The molecular formula is C26H33BrN2O3. The van der Waals surface area contributed by atoms with Crippen molar-refractivity contribution < 1.29 is 14.3 Å². The lowest BCUT2D eigenvalue weighted by Crippen LogP contribution is -2.16. The van der Waals surface area contributed by atoms with Crippen LogP contribution in [0.2, 0.25) is 0 Å². The number of rotatable bonds is 14. The van der Waals surface area contributed by atoms with Gasteiger partial charge in [0.25, 0.3) is 0 Å². The predicted molar refractivity (Wildman–Crippen MR) is 133 cm³/mol. The van der Waals surface area contributed by atoms with Gasteiger partial charge in [-0.3, -0.25) is 4.79 Å². The van der Waals surface area contributed by atoms with Crippen LogP contribution in [-0.4, -0.2) is 18.1 Å². The molecular weight excluding hydrogens is 468 g/mol. The fourth-order valence-corrected chi connectivity index (χ4v) is 3.47. The third kappa shape index (κ3) is 10.7. The largest absolute Gasteiger partial charge is 0.423 e. The molecule has 6 heteroatoms. The number of ether oxygens (including phenoxy) is 1. The molecule has 1 N–H and O–H groups in total. The first-order valence-corrected chi connectivity index (χ1v) is 12.3. The van der Waals surface area contributed by atoms with Gasteiger partial charge in [-0.25, -0.2) is 10.2 Å². The highest BCUT2D eigenvalue weighted by Gasteiger charge is 2.08. The molecule has 5 nitrogen and oxygen atoms in total. The van der Waals surface area contributed by atoms with Gasteiger partial charge in [-0.1, -0.05) is 74.2 Å². The fraction of sp³-hybridized carbons (Fsp3) is 0.423. The third-order valence-electron chi connectivity index (χ3n) is 5.08. The highest BCUT2D eigenvalue weighted by atomic mass is 79.9. The molecule has 1 amide bonds. The van der Waals surface area contributed by atoms with Gasteiger partial charge in [-0.2, -0.15) is 5.10 Å². The van der Waals surface area contributed by atoms with Gasteiger partial charge in [0.2, 0.25) is 5.91 Å². The molecule has 0 aliphatic carbocycles. The molecule has 2 aromatic rings. The summed E-state index contributed by atoms with van der Waals surface area (Å²) in [6.07, 6.45) is 13.1. The van der Waals surface area contributed by atoms with Gasteiger partial charge in [0.1, 0.15) is 5.75 Å². The summed E-state index contributed by atoms with van der Waals surface area (Å²) in [5.74, 6) is -0.0311. The minimum absolute atomic E-state index is 0.0655. The summed E-state index contributed by atoms with van der Waals surface area (Å²) in [7, 11) is 0. The van der Waals surface area contributed by atoms with Crippen LogP contribution in [-0.2, 0) is 4.79 Å². The monoisotopic (exact) mass is 500 g/mol. The first-order chi connectivity index (χ1) is 15.6. The number of hydrogen-bond donors (Lipinski definition) is 1. The second kappa shape index (κ2) is 15.4. The van der Waals surface area contributed by atoms with E-state index in [1.54, 1.807) is 54.7 Å².